The quantitative estimate of drug-likeness (QED) is 0.417. The van der Waals surface area contributed by atoms with E-state index < -0.39 is 0 Å². The molecule has 0 radical (unpaired) electrons. The zero-order chi connectivity index (χ0) is 19.1. The highest BCUT2D eigenvalue weighted by atomic mass is 32.1. The number of benzene rings is 2. The van der Waals surface area contributed by atoms with Crippen LogP contribution >= 0.6 is 11.3 Å². The molecule has 136 valence electrons. The lowest BCUT2D eigenvalue weighted by molar-refractivity contribution is 1.25. The maximum atomic E-state index is 12.3. The number of aromatic nitrogens is 3. The zero-order valence-corrected chi connectivity index (χ0v) is 15.9. The molecule has 2 aromatic carbocycles. The van der Waals surface area contributed by atoms with E-state index in [1.165, 1.54) is 0 Å². The number of fused-ring (bicyclic) bond motifs is 3. The molecule has 0 bridgehead atoms. The van der Waals surface area contributed by atoms with Crippen molar-refractivity contribution in [2.75, 3.05) is 5.32 Å². The Hall–Kier alpha value is -3.51. The van der Waals surface area contributed by atoms with Crippen LogP contribution in [0, 0.1) is 6.92 Å². The second kappa shape index (κ2) is 6.58. The van der Waals surface area contributed by atoms with Gasteiger partial charge in [0, 0.05) is 39.0 Å². The zero-order valence-electron chi connectivity index (χ0n) is 15.1. The Labute approximate surface area is 164 Å². The summed E-state index contributed by atoms with van der Waals surface area (Å²) in [4.78, 5) is 24.1. The molecule has 0 unspecified atom stereocenters. The first-order chi connectivity index (χ1) is 13.7. The van der Waals surface area contributed by atoms with Gasteiger partial charge in [-0.25, -0.2) is 9.97 Å². The van der Waals surface area contributed by atoms with Crippen LogP contribution in [0.15, 0.2) is 71.0 Å². The lowest BCUT2D eigenvalue weighted by Gasteiger charge is -2.11. The third kappa shape index (κ3) is 2.84. The van der Waals surface area contributed by atoms with Crippen LogP contribution in [0.3, 0.4) is 0 Å². The van der Waals surface area contributed by atoms with Gasteiger partial charge in [-0.05, 0) is 31.2 Å². The molecule has 3 heterocycles. The smallest absolute Gasteiger partial charge is 0.257 e. The average Bonchev–Trinajstić information content (AvgIpc) is 3.15. The summed E-state index contributed by atoms with van der Waals surface area (Å²) in [5, 5.41) is 9.02. The van der Waals surface area contributed by atoms with Crippen LogP contribution in [-0.4, -0.2) is 15.0 Å². The minimum absolute atomic E-state index is 0.129. The molecule has 0 amide bonds. The number of nitrogens with one attached hydrogen (secondary N) is 2. The number of anilines is 2. The topological polar surface area (TPSA) is 70.7 Å². The molecule has 0 fully saturated rings. The third-order valence-electron chi connectivity index (χ3n) is 4.70. The number of rotatable bonds is 3. The Bertz CT molecular complexity index is 1370. The Morgan fingerprint density at radius 1 is 1.00 bits per heavy atom. The summed E-state index contributed by atoms with van der Waals surface area (Å²) in [6.07, 6.45) is 1.70. The van der Waals surface area contributed by atoms with Crippen molar-refractivity contribution in [2.24, 2.45) is 0 Å². The number of thiazole rings is 1. The maximum absolute atomic E-state index is 12.3. The predicted octanol–water partition coefficient (Wildman–Crippen LogP) is 5.25. The van der Waals surface area contributed by atoms with Crippen LogP contribution in [0.2, 0.25) is 0 Å². The van der Waals surface area contributed by atoms with Crippen molar-refractivity contribution >= 4 is 44.5 Å². The molecule has 0 aliphatic rings. The highest BCUT2D eigenvalue weighted by Gasteiger charge is 2.10. The molecule has 0 atom stereocenters. The standard InChI is InChI=1S/C22H16N4OS/c1-13-24-19(12-28-13)14-6-8-15(9-7-14)25-18-10-11-23-21-20(18)16-4-2-3-5-17(16)22(27)26-21/h2-12H,1H3,(H2,23,25,26,27). The molecule has 5 rings (SSSR count). The van der Waals surface area contributed by atoms with Crippen LogP contribution in [0.4, 0.5) is 11.4 Å². The van der Waals surface area contributed by atoms with Crippen LogP contribution < -0.4 is 10.9 Å². The first kappa shape index (κ1) is 16.6. The summed E-state index contributed by atoms with van der Waals surface area (Å²) in [7, 11) is 0. The summed E-state index contributed by atoms with van der Waals surface area (Å²) in [6, 6.07) is 17.7. The SMILES string of the molecule is Cc1nc(-c2ccc(Nc3ccnc4[nH]c(=O)c5ccccc5c34)cc2)cs1. The summed E-state index contributed by atoms with van der Waals surface area (Å²) in [5.74, 6) is 0. The van der Waals surface area contributed by atoms with Crippen molar-refractivity contribution in [3.63, 3.8) is 0 Å². The minimum atomic E-state index is -0.129. The van der Waals surface area contributed by atoms with Gasteiger partial charge in [-0.3, -0.25) is 4.79 Å². The molecular formula is C22H16N4OS. The number of H-pyrrole nitrogens is 1. The lowest BCUT2D eigenvalue weighted by atomic mass is 10.1. The van der Waals surface area contributed by atoms with E-state index >= 15 is 0 Å². The van der Waals surface area contributed by atoms with Crippen LogP contribution in [-0.2, 0) is 0 Å². The fourth-order valence-electron chi connectivity index (χ4n) is 3.38. The van der Waals surface area contributed by atoms with E-state index in [1.54, 1.807) is 17.5 Å². The second-order valence-corrected chi connectivity index (χ2v) is 7.60. The molecule has 0 aliphatic heterocycles. The monoisotopic (exact) mass is 384 g/mol. The molecule has 0 saturated carbocycles. The lowest BCUT2D eigenvalue weighted by Crippen LogP contribution is -2.08. The fraction of sp³-hybridized carbons (Fsp3) is 0.0455. The van der Waals surface area contributed by atoms with E-state index in [-0.39, 0.29) is 5.56 Å². The van der Waals surface area contributed by atoms with Crippen molar-refractivity contribution in [1.29, 1.82) is 0 Å². The first-order valence-corrected chi connectivity index (χ1v) is 9.76. The number of aryl methyl sites for hydroxylation is 1. The molecule has 5 aromatic rings. The molecule has 2 N–H and O–H groups in total. The van der Waals surface area contributed by atoms with Gasteiger partial charge in [-0.2, -0.15) is 0 Å². The van der Waals surface area contributed by atoms with Gasteiger partial charge in [0.05, 0.1) is 16.4 Å². The maximum Gasteiger partial charge on any atom is 0.257 e. The van der Waals surface area contributed by atoms with Gasteiger partial charge in [0.2, 0.25) is 0 Å². The van der Waals surface area contributed by atoms with Gasteiger partial charge in [0.15, 0.2) is 0 Å². The van der Waals surface area contributed by atoms with Crippen LogP contribution in [0.1, 0.15) is 5.01 Å². The van der Waals surface area contributed by atoms with E-state index in [9.17, 15) is 4.79 Å². The summed E-state index contributed by atoms with van der Waals surface area (Å²) < 4.78 is 0. The van der Waals surface area contributed by atoms with Crippen molar-refractivity contribution in [1.82, 2.24) is 15.0 Å². The number of hydrogen-bond acceptors (Lipinski definition) is 5. The predicted molar refractivity (Wildman–Crippen MR) is 115 cm³/mol. The van der Waals surface area contributed by atoms with E-state index in [4.69, 9.17) is 0 Å². The molecule has 0 aliphatic carbocycles. The van der Waals surface area contributed by atoms with Crippen molar-refractivity contribution in [3.05, 3.63) is 81.5 Å². The molecule has 5 nitrogen and oxygen atoms in total. The van der Waals surface area contributed by atoms with Crippen molar-refractivity contribution < 1.29 is 0 Å². The van der Waals surface area contributed by atoms with E-state index in [1.807, 2.05) is 49.4 Å². The fourth-order valence-corrected chi connectivity index (χ4v) is 4.01. The summed E-state index contributed by atoms with van der Waals surface area (Å²) >= 11 is 1.65. The number of pyridine rings is 2. The highest BCUT2D eigenvalue weighted by Crippen LogP contribution is 2.30. The summed E-state index contributed by atoms with van der Waals surface area (Å²) in [5.41, 5.74) is 4.38. The molecule has 0 saturated heterocycles. The van der Waals surface area contributed by atoms with Crippen molar-refractivity contribution in [3.8, 4) is 11.3 Å². The van der Waals surface area contributed by atoms with Gasteiger partial charge in [0.1, 0.15) is 5.65 Å². The molecular weight excluding hydrogens is 368 g/mol. The number of aromatic amines is 1. The van der Waals surface area contributed by atoms with Gasteiger partial charge in [-0.1, -0.05) is 30.3 Å². The second-order valence-electron chi connectivity index (χ2n) is 6.54. The third-order valence-corrected chi connectivity index (χ3v) is 5.48. The van der Waals surface area contributed by atoms with Gasteiger partial charge in [0.25, 0.3) is 5.56 Å². The van der Waals surface area contributed by atoms with Crippen molar-refractivity contribution in [2.45, 2.75) is 6.92 Å². The normalized spacial score (nSPS) is 11.2. The van der Waals surface area contributed by atoms with Gasteiger partial charge >= 0.3 is 0 Å². The Kier molecular flexibility index (Phi) is 3.91. The summed E-state index contributed by atoms with van der Waals surface area (Å²) in [6.45, 7) is 2.01. The molecule has 6 heteroatoms. The van der Waals surface area contributed by atoms with E-state index in [0.29, 0.717) is 11.0 Å². The van der Waals surface area contributed by atoms with Gasteiger partial charge < -0.3 is 10.3 Å². The van der Waals surface area contributed by atoms with E-state index in [2.05, 4.69) is 37.8 Å². The molecule has 3 aromatic heterocycles. The average molecular weight is 384 g/mol. The van der Waals surface area contributed by atoms with Crippen LogP contribution in [0.25, 0.3) is 33.1 Å². The Morgan fingerprint density at radius 2 is 1.79 bits per heavy atom. The first-order valence-electron chi connectivity index (χ1n) is 8.88. The van der Waals surface area contributed by atoms with Gasteiger partial charge in [-0.15, -0.1) is 11.3 Å². The Balaban J connectivity index is 1.58. The largest absolute Gasteiger partial charge is 0.355 e. The molecule has 28 heavy (non-hydrogen) atoms. The van der Waals surface area contributed by atoms with E-state index in [0.717, 1.165) is 38.4 Å². The minimum Gasteiger partial charge on any atom is -0.355 e. The number of hydrogen-bond donors (Lipinski definition) is 2. The molecule has 0 spiro atoms. The Morgan fingerprint density at radius 3 is 2.54 bits per heavy atom. The van der Waals surface area contributed by atoms with Crippen LogP contribution in [0.5, 0.6) is 0 Å². The highest BCUT2D eigenvalue weighted by molar-refractivity contribution is 7.09. The number of nitrogens with zero attached hydrogens (tertiary/aromatic N) is 2.